The van der Waals surface area contributed by atoms with Gasteiger partial charge in [-0.05, 0) is 43.0 Å². The van der Waals surface area contributed by atoms with Crippen molar-refractivity contribution >= 4 is 50.2 Å². The van der Waals surface area contributed by atoms with E-state index in [1.165, 1.54) is 23.3 Å². The molecule has 1 unspecified atom stereocenters. The van der Waals surface area contributed by atoms with Crippen LogP contribution in [0.2, 0.25) is 0 Å². The van der Waals surface area contributed by atoms with E-state index in [9.17, 15) is 27.9 Å². The first kappa shape index (κ1) is 40.4. The molecule has 304 valence electrons. The summed E-state index contributed by atoms with van der Waals surface area (Å²) in [5, 5.41) is 20.3. The zero-order valence-electron chi connectivity index (χ0n) is 32.1. The molecule has 1 saturated carbocycles. The van der Waals surface area contributed by atoms with Crippen LogP contribution in [0.25, 0.3) is 32.7 Å². The Labute approximate surface area is 339 Å². The zero-order chi connectivity index (χ0) is 41.2. The van der Waals surface area contributed by atoms with E-state index in [1.807, 2.05) is 56.3 Å². The number of likely N-dealkylation sites (tertiary alicyclic amines) is 1. The molecule has 1 aliphatic heterocycles. The summed E-state index contributed by atoms with van der Waals surface area (Å²) < 4.78 is 46.5. The molecule has 7 rings (SSSR count). The third kappa shape index (κ3) is 8.56. The summed E-state index contributed by atoms with van der Waals surface area (Å²) in [6.45, 7) is 7.45. The highest BCUT2D eigenvalue weighted by atomic mass is 32.2. The highest BCUT2D eigenvalue weighted by Gasteiger charge is 2.61. The van der Waals surface area contributed by atoms with Gasteiger partial charge in [-0.2, -0.15) is 0 Å². The summed E-state index contributed by atoms with van der Waals surface area (Å²) in [5.74, 6) is -1.18. The largest absolute Gasteiger partial charge is 0.497 e. The molecule has 0 spiro atoms. The number of amides is 3. The van der Waals surface area contributed by atoms with E-state index in [-0.39, 0.29) is 36.1 Å². The summed E-state index contributed by atoms with van der Waals surface area (Å²) in [4.78, 5) is 47.5. The monoisotopic (exact) mass is 828 g/mol. The molecule has 2 aromatic carbocycles. The van der Waals surface area contributed by atoms with Gasteiger partial charge in [0.2, 0.25) is 15.9 Å². The van der Waals surface area contributed by atoms with Crippen LogP contribution >= 0.6 is 11.3 Å². The number of carboxylic acids is 1. The van der Waals surface area contributed by atoms with Gasteiger partial charge in [0.15, 0.2) is 0 Å². The minimum atomic E-state index is -3.97. The number of methoxy groups -OCH3 is 1. The topological polar surface area (TPSA) is 202 Å². The highest BCUT2D eigenvalue weighted by Crippen LogP contribution is 2.45. The first-order chi connectivity index (χ1) is 27.8. The number of aromatic nitrogens is 2. The van der Waals surface area contributed by atoms with E-state index >= 15 is 0 Å². The molecule has 3 aromatic heterocycles. The van der Waals surface area contributed by atoms with Gasteiger partial charge in [-0.15, -0.1) is 17.9 Å². The number of ether oxygens (including phenoxy) is 2. The van der Waals surface area contributed by atoms with E-state index < -0.39 is 57.6 Å². The second-order valence-electron chi connectivity index (χ2n) is 14.8. The molecule has 58 heavy (non-hydrogen) atoms. The molecule has 17 heteroatoms. The molecule has 4 N–H and O–H groups in total. The fourth-order valence-corrected chi connectivity index (χ4v) is 9.65. The van der Waals surface area contributed by atoms with Crippen LogP contribution in [0.4, 0.5) is 4.79 Å². The number of carbonyl (C=O) groups is 3. The number of carbonyl (C=O) groups excluding carboxylic acids is 2. The number of pyridine rings is 1. The van der Waals surface area contributed by atoms with Crippen LogP contribution in [-0.4, -0.2) is 90.4 Å². The standard InChI is InChI=1S/C41H44N6O9S2/c1-5-26-21-41(26,39(49)50)45-38(48)34-19-29(56-35-20-32(25-9-7-6-8-10-25)44-33-18-28(54-4)11-12-30(33)35)23-47(34)40(51)43-27(17-24(2)3)22-42-58(52,53)37-14-13-36(57-37)31-15-16-55-46-31/h5-16,18,20,24,26-27,29,34,42H,1,17,19,21-23H2,2-4H3,(H,43,51)(H,45,48)(H,49,50)/t26-,27?,29-,34+,41-/m1/s1. The van der Waals surface area contributed by atoms with Crippen LogP contribution in [0, 0.1) is 11.8 Å². The van der Waals surface area contributed by atoms with Gasteiger partial charge in [-0.3, -0.25) is 4.79 Å². The Hall–Kier alpha value is -5.78. The van der Waals surface area contributed by atoms with Gasteiger partial charge in [0.25, 0.3) is 0 Å². The van der Waals surface area contributed by atoms with Crippen LogP contribution in [-0.2, 0) is 19.6 Å². The van der Waals surface area contributed by atoms with Crippen molar-refractivity contribution in [2.24, 2.45) is 11.8 Å². The lowest BCUT2D eigenvalue weighted by Crippen LogP contribution is -2.56. The molecule has 4 heterocycles. The summed E-state index contributed by atoms with van der Waals surface area (Å²) >= 11 is 1.03. The summed E-state index contributed by atoms with van der Waals surface area (Å²) in [5.41, 5.74) is 1.08. The SMILES string of the molecule is C=C[C@@H]1C[C@]1(NC(=O)[C@@H]1C[C@@H](Oc2cc(-c3ccccc3)nc3cc(OC)ccc23)CN1C(=O)NC(CNS(=O)(=O)c1ccc(-c2ccon2)s1)CC(C)C)C(=O)O. The fourth-order valence-electron chi connectivity index (χ4n) is 7.25. The smallest absolute Gasteiger partial charge is 0.330 e. The highest BCUT2D eigenvalue weighted by molar-refractivity contribution is 7.91. The van der Waals surface area contributed by atoms with Gasteiger partial charge in [-0.25, -0.2) is 27.7 Å². The Morgan fingerprint density at radius 3 is 2.57 bits per heavy atom. The molecular formula is C41H44N6O9S2. The lowest BCUT2D eigenvalue weighted by molar-refractivity contribution is -0.144. The second kappa shape index (κ2) is 16.6. The lowest BCUT2D eigenvalue weighted by Gasteiger charge is -2.28. The number of nitrogens with zero attached hydrogens (tertiary/aromatic N) is 3. The van der Waals surface area contributed by atoms with E-state index in [0.717, 1.165) is 16.9 Å². The molecule has 1 saturated heterocycles. The summed E-state index contributed by atoms with van der Waals surface area (Å²) in [6, 6.07) is 19.1. The number of sulfonamides is 1. The van der Waals surface area contributed by atoms with Crippen molar-refractivity contribution < 1.29 is 41.9 Å². The molecular weight excluding hydrogens is 785 g/mol. The first-order valence-corrected chi connectivity index (χ1v) is 21.1. The van der Waals surface area contributed by atoms with Crippen molar-refractivity contribution in [1.29, 1.82) is 0 Å². The number of nitrogens with one attached hydrogen (secondary N) is 3. The number of urea groups is 1. The van der Waals surface area contributed by atoms with Crippen molar-refractivity contribution in [1.82, 2.24) is 30.4 Å². The lowest BCUT2D eigenvalue weighted by atomic mass is 10.0. The number of fused-ring (bicyclic) bond motifs is 1. The number of hydrogen-bond acceptors (Lipinski definition) is 11. The minimum absolute atomic E-state index is 0.0321. The molecule has 0 radical (unpaired) electrons. The van der Waals surface area contributed by atoms with E-state index in [1.54, 1.807) is 31.4 Å². The predicted octanol–water partition coefficient (Wildman–Crippen LogP) is 5.70. The molecule has 2 fully saturated rings. The quantitative estimate of drug-likeness (QED) is 0.0890. The molecule has 15 nitrogen and oxygen atoms in total. The Kier molecular flexibility index (Phi) is 11.6. The maximum Gasteiger partial charge on any atom is 0.330 e. The number of hydrogen-bond donors (Lipinski definition) is 4. The first-order valence-electron chi connectivity index (χ1n) is 18.8. The van der Waals surface area contributed by atoms with Crippen LogP contribution in [0.3, 0.4) is 0 Å². The molecule has 2 aliphatic rings. The van der Waals surface area contributed by atoms with Gasteiger partial charge in [0.05, 0.1) is 29.7 Å². The van der Waals surface area contributed by atoms with E-state index in [4.69, 9.17) is 19.0 Å². The molecule has 3 amide bonds. The van der Waals surface area contributed by atoms with Gasteiger partial charge < -0.3 is 34.6 Å². The third-order valence-electron chi connectivity index (χ3n) is 10.3. The number of rotatable bonds is 16. The van der Waals surface area contributed by atoms with E-state index in [0.29, 0.717) is 45.1 Å². The van der Waals surface area contributed by atoms with Gasteiger partial charge in [0.1, 0.15) is 45.4 Å². The Morgan fingerprint density at radius 2 is 1.90 bits per heavy atom. The number of benzene rings is 2. The summed E-state index contributed by atoms with van der Waals surface area (Å²) in [6.07, 6.45) is 2.82. The van der Waals surface area contributed by atoms with Gasteiger partial charge in [-0.1, -0.05) is 55.4 Å². The normalized spacial score (nSPS) is 20.8. The molecule has 5 aromatic rings. The van der Waals surface area contributed by atoms with Crippen LogP contribution in [0.5, 0.6) is 11.5 Å². The van der Waals surface area contributed by atoms with Crippen LogP contribution in [0.1, 0.15) is 33.1 Å². The van der Waals surface area contributed by atoms with Crippen LogP contribution in [0.15, 0.2) is 100 Å². The van der Waals surface area contributed by atoms with Crippen molar-refractivity contribution in [2.75, 3.05) is 20.2 Å². The van der Waals surface area contributed by atoms with Crippen molar-refractivity contribution in [3.8, 4) is 33.3 Å². The van der Waals surface area contributed by atoms with Crippen molar-refractivity contribution in [3.05, 3.63) is 91.7 Å². The Balaban J connectivity index is 1.14. The maximum absolute atomic E-state index is 14.3. The fraction of sp³-hybridized carbons (Fsp3) is 0.341. The van der Waals surface area contributed by atoms with E-state index in [2.05, 4.69) is 27.1 Å². The Morgan fingerprint density at radius 1 is 1.10 bits per heavy atom. The van der Waals surface area contributed by atoms with Gasteiger partial charge >= 0.3 is 12.0 Å². The maximum atomic E-state index is 14.3. The minimum Gasteiger partial charge on any atom is -0.497 e. The van der Waals surface area contributed by atoms with Crippen molar-refractivity contribution in [2.45, 2.75) is 61.0 Å². The number of carboxylic acid groups (broad SMARTS) is 1. The molecule has 5 atom stereocenters. The summed E-state index contributed by atoms with van der Waals surface area (Å²) in [7, 11) is -2.41. The third-order valence-corrected chi connectivity index (χ3v) is 13.4. The number of thiophene rings is 1. The Bertz CT molecular complexity index is 2420. The van der Waals surface area contributed by atoms with Crippen LogP contribution < -0.4 is 24.8 Å². The predicted molar refractivity (Wildman–Crippen MR) is 217 cm³/mol. The average Bonchev–Trinajstić information content (AvgIpc) is 3.68. The molecule has 0 bridgehead atoms. The van der Waals surface area contributed by atoms with Gasteiger partial charge in [0, 0.05) is 54.1 Å². The second-order valence-corrected chi connectivity index (χ2v) is 17.9. The average molecular weight is 829 g/mol. The van der Waals surface area contributed by atoms with Crippen molar-refractivity contribution in [3.63, 3.8) is 0 Å². The zero-order valence-corrected chi connectivity index (χ0v) is 33.7. The number of aliphatic carboxylic acids is 1. The molecule has 1 aliphatic carbocycles.